The van der Waals surface area contributed by atoms with E-state index in [1.54, 1.807) is 0 Å². The Labute approximate surface area is 378 Å². The van der Waals surface area contributed by atoms with E-state index in [0.717, 1.165) is 96.3 Å². The summed E-state index contributed by atoms with van der Waals surface area (Å²) in [6.07, 6.45) is 58.9. The summed E-state index contributed by atoms with van der Waals surface area (Å²) in [6.45, 7) is 6.34. The van der Waals surface area contributed by atoms with E-state index < -0.39 is 18.2 Å². The van der Waals surface area contributed by atoms with Crippen molar-refractivity contribution in [2.75, 3.05) is 6.61 Å². The highest BCUT2D eigenvalue weighted by Crippen LogP contribution is 2.18. The zero-order valence-corrected chi connectivity index (χ0v) is 40.5. The molecule has 0 rings (SSSR count). The number of amides is 1. The van der Waals surface area contributed by atoms with Crippen LogP contribution in [-0.2, 0) is 14.3 Å². The molecule has 0 saturated heterocycles. The SMILES string of the molecule is CC/C=C/C/C=C/C/C=C/CCCCCCC(CC(=O)NC(CO)C(O)CCCCCCCCCCCCCCCCCCC)OC(=O)CCCCCCC/C=C\CCCC. The molecule has 3 unspecified atom stereocenters. The van der Waals surface area contributed by atoms with Crippen LogP contribution in [0.15, 0.2) is 48.6 Å². The Hall–Kier alpha value is -2.18. The molecule has 3 atom stereocenters. The maximum absolute atomic E-state index is 13.2. The Morgan fingerprint density at radius 2 is 0.902 bits per heavy atom. The van der Waals surface area contributed by atoms with Gasteiger partial charge in [0.05, 0.1) is 25.2 Å². The number of allylic oxidation sites excluding steroid dienone is 8. The summed E-state index contributed by atoms with van der Waals surface area (Å²) >= 11 is 0. The molecule has 0 fully saturated rings. The number of aliphatic hydroxyl groups is 2. The largest absolute Gasteiger partial charge is 0.462 e. The van der Waals surface area contributed by atoms with Crippen LogP contribution in [0.2, 0.25) is 0 Å². The third kappa shape index (κ3) is 44.2. The Kier molecular flexibility index (Phi) is 47.1. The second-order valence-electron chi connectivity index (χ2n) is 17.9. The van der Waals surface area contributed by atoms with E-state index in [4.69, 9.17) is 4.74 Å². The van der Waals surface area contributed by atoms with Gasteiger partial charge in [0.2, 0.25) is 5.91 Å². The Morgan fingerprint density at radius 3 is 1.41 bits per heavy atom. The van der Waals surface area contributed by atoms with Gasteiger partial charge < -0.3 is 20.3 Å². The molecule has 0 saturated carbocycles. The zero-order chi connectivity index (χ0) is 44.5. The number of ether oxygens (including phenoxy) is 1. The summed E-state index contributed by atoms with van der Waals surface area (Å²) in [7, 11) is 0. The van der Waals surface area contributed by atoms with Crippen LogP contribution in [0, 0.1) is 0 Å². The predicted octanol–water partition coefficient (Wildman–Crippen LogP) is 15.8. The second kappa shape index (κ2) is 48.8. The molecule has 0 aromatic rings. The molecule has 61 heavy (non-hydrogen) atoms. The van der Waals surface area contributed by atoms with Crippen LogP contribution in [0.5, 0.6) is 0 Å². The molecule has 356 valence electrons. The highest BCUT2D eigenvalue weighted by molar-refractivity contribution is 5.77. The first-order valence-corrected chi connectivity index (χ1v) is 26.4. The molecule has 0 aliphatic heterocycles. The lowest BCUT2D eigenvalue weighted by atomic mass is 10.0. The molecule has 0 aromatic carbocycles. The Morgan fingerprint density at radius 1 is 0.492 bits per heavy atom. The fraction of sp³-hybridized carbons (Fsp3) is 0.818. The van der Waals surface area contributed by atoms with Gasteiger partial charge in [-0.2, -0.15) is 0 Å². The third-order valence-electron chi connectivity index (χ3n) is 11.9. The number of carbonyl (C=O) groups excluding carboxylic acids is 2. The lowest BCUT2D eigenvalue weighted by Gasteiger charge is -2.24. The lowest BCUT2D eigenvalue weighted by molar-refractivity contribution is -0.151. The minimum Gasteiger partial charge on any atom is -0.462 e. The Bertz CT molecular complexity index is 1050. The number of rotatable bonds is 47. The van der Waals surface area contributed by atoms with Gasteiger partial charge >= 0.3 is 5.97 Å². The van der Waals surface area contributed by atoms with Crippen molar-refractivity contribution in [1.29, 1.82) is 0 Å². The number of aliphatic hydroxyl groups excluding tert-OH is 2. The molecule has 0 spiro atoms. The van der Waals surface area contributed by atoms with E-state index >= 15 is 0 Å². The van der Waals surface area contributed by atoms with Crippen molar-refractivity contribution in [2.45, 2.75) is 283 Å². The van der Waals surface area contributed by atoms with Gasteiger partial charge in [-0.05, 0) is 77.0 Å². The molecule has 0 aliphatic rings. The normalized spacial score (nSPS) is 13.6. The highest BCUT2D eigenvalue weighted by Gasteiger charge is 2.24. The molecule has 0 aliphatic carbocycles. The van der Waals surface area contributed by atoms with Crippen LogP contribution in [-0.4, -0.2) is 46.9 Å². The summed E-state index contributed by atoms with van der Waals surface area (Å²) in [6, 6.07) is -0.710. The minimum absolute atomic E-state index is 0.0599. The average Bonchev–Trinajstić information content (AvgIpc) is 3.25. The molecular formula is C55H101NO5. The molecule has 6 heteroatoms. The van der Waals surface area contributed by atoms with Gasteiger partial charge in [0, 0.05) is 6.42 Å². The van der Waals surface area contributed by atoms with Crippen molar-refractivity contribution in [1.82, 2.24) is 5.32 Å². The van der Waals surface area contributed by atoms with E-state index in [1.165, 1.54) is 122 Å². The lowest BCUT2D eigenvalue weighted by Crippen LogP contribution is -2.46. The predicted molar refractivity (Wildman–Crippen MR) is 264 cm³/mol. The number of nitrogens with one attached hydrogen (secondary N) is 1. The van der Waals surface area contributed by atoms with Gasteiger partial charge in [-0.1, -0.05) is 223 Å². The first-order valence-electron chi connectivity index (χ1n) is 26.4. The van der Waals surface area contributed by atoms with Crippen LogP contribution < -0.4 is 5.32 Å². The zero-order valence-electron chi connectivity index (χ0n) is 40.5. The number of hydrogen-bond donors (Lipinski definition) is 3. The summed E-state index contributed by atoms with van der Waals surface area (Å²) in [5.41, 5.74) is 0. The summed E-state index contributed by atoms with van der Waals surface area (Å²) in [4.78, 5) is 26.1. The molecule has 1 amide bonds. The maximum Gasteiger partial charge on any atom is 0.306 e. The van der Waals surface area contributed by atoms with E-state index in [9.17, 15) is 19.8 Å². The maximum atomic E-state index is 13.2. The smallest absolute Gasteiger partial charge is 0.306 e. The number of carbonyl (C=O) groups is 2. The fourth-order valence-electron chi connectivity index (χ4n) is 7.90. The summed E-state index contributed by atoms with van der Waals surface area (Å²) < 4.78 is 5.91. The van der Waals surface area contributed by atoms with Crippen molar-refractivity contribution in [3.63, 3.8) is 0 Å². The second-order valence-corrected chi connectivity index (χ2v) is 17.9. The average molecular weight is 856 g/mol. The molecule has 0 aromatic heterocycles. The van der Waals surface area contributed by atoms with Gasteiger partial charge in [0.25, 0.3) is 0 Å². The topological polar surface area (TPSA) is 95.9 Å². The van der Waals surface area contributed by atoms with Crippen LogP contribution in [0.1, 0.15) is 265 Å². The Balaban J connectivity index is 4.53. The van der Waals surface area contributed by atoms with E-state index in [2.05, 4.69) is 74.7 Å². The van der Waals surface area contributed by atoms with Gasteiger partial charge in [-0.15, -0.1) is 0 Å². The third-order valence-corrected chi connectivity index (χ3v) is 11.9. The van der Waals surface area contributed by atoms with Crippen LogP contribution in [0.3, 0.4) is 0 Å². The molecule has 3 N–H and O–H groups in total. The summed E-state index contributed by atoms with van der Waals surface area (Å²) in [5.74, 6) is -0.502. The van der Waals surface area contributed by atoms with Crippen molar-refractivity contribution in [3.05, 3.63) is 48.6 Å². The summed E-state index contributed by atoms with van der Waals surface area (Å²) in [5, 5.41) is 23.8. The van der Waals surface area contributed by atoms with Crippen LogP contribution in [0.4, 0.5) is 0 Å². The fourth-order valence-corrected chi connectivity index (χ4v) is 7.90. The number of esters is 1. The van der Waals surface area contributed by atoms with Crippen LogP contribution in [0.25, 0.3) is 0 Å². The van der Waals surface area contributed by atoms with Crippen molar-refractivity contribution in [2.24, 2.45) is 0 Å². The standard InChI is InChI=1S/C55H101NO5/c1-4-7-10-13-16-19-22-24-26-27-28-30-33-35-38-41-44-47-53(58)52(50-57)56-54(59)49-51(46-43-40-37-34-32-29-25-23-20-17-14-11-8-5-2)61-55(60)48-45-42-39-36-31-21-18-15-12-9-6-3/h8,11,15,17-18,20,25,29,51-53,57-58H,4-7,9-10,12-14,16,19,21-24,26-28,30-50H2,1-3H3,(H,56,59)/b11-8+,18-15-,20-17+,29-25+. The van der Waals surface area contributed by atoms with Gasteiger partial charge in [-0.3, -0.25) is 9.59 Å². The van der Waals surface area contributed by atoms with E-state index in [0.29, 0.717) is 19.3 Å². The van der Waals surface area contributed by atoms with Crippen molar-refractivity contribution >= 4 is 11.9 Å². The van der Waals surface area contributed by atoms with Gasteiger partial charge in [-0.25, -0.2) is 0 Å². The molecule has 0 heterocycles. The number of unbranched alkanes of at least 4 members (excludes halogenated alkanes) is 27. The number of hydrogen-bond acceptors (Lipinski definition) is 5. The van der Waals surface area contributed by atoms with E-state index in [-0.39, 0.29) is 24.9 Å². The molecule has 0 bridgehead atoms. The molecule has 6 nitrogen and oxygen atoms in total. The first-order chi connectivity index (χ1) is 30.0. The molecular weight excluding hydrogens is 755 g/mol. The minimum atomic E-state index is -0.795. The molecule has 0 radical (unpaired) electrons. The quantitative estimate of drug-likeness (QED) is 0.0322. The highest BCUT2D eigenvalue weighted by atomic mass is 16.5. The van der Waals surface area contributed by atoms with E-state index in [1.807, 2.05) is 0 Å². The van der Waals surface area contributed by atoms with Gasteiger partial charge in [0.15, 0.2) is 0 Å². The van der Waals surface area contributed by atoms with Crippen molar-refractivity contribution in [3.8, 4) is 0 Å². The van der Waals surface area contributed by atoms with Crippen molar-refractivity contribution < 1.29 is 24.5 Å². The van der Waals surface area contributed by atoms with Crippen LogP contribution >= 0.6 is 0 Å². The monoisotopic (exact) mass is 856 g/mol. The first kappa shape index (κ1) is 58.8. The van der Waals surface area contributed by atoms with Gasteiger partial charge in [0.1, 0.15) is 6.10 Å².